The molecule has 6 nitrogen and oxygen atoms in total. The second-order valence-electron chi connectivity index (χ2n) is 5.53. The molecular formula is C15H19N3O3. The van der Waals surface area contributed by atoms with Gasteiger partial charge in [0.15, 0.2) is 0 Å². The average Bonchev–Trinajstić information content (AvgIpc) is 2.89. The molecule has 1 saturated heterocycles. The minimum Gasteiger partial charge on any atom is -0.399 e. The molecule has 0 saturated carbocycles. The van der Waals surface area contributed by atoms with Crippen LogP contribution in [0.2, 0.25) is 0 Å². The van der Waals surface area contributed by atoms with Gasteiger partial charge in [-0.3, -0.25) is 4.79 Å². The maximum Gasteiger partial charge on any atom is 0.253 e. The van der Waals surface area contributed by atoms with E-state index in [-0.39, 0.29) is 12.5 Å². The molecule has 0 unspecified atom stereocenters. The molecule has 2 aromatic rings. The van der Waals surface area contributed by atoms with E-state index in [0.29, 0.717) is 37.3 Å². The van der Waals surface area contributed by atoms with E-state index in [0.717, 1.165) is 10.9 Å². The molecule has 1 aromatic heterocycles. The van der Waals surface area contributed by atoms with Gasteiger partial charge in [-0.2, -0.15) is 0 Å². The molecule has 0 bridgehead atoms. The van der Waals surface area contributed by atoms with Crippen molar-refractivity contribution >= 4 is 22.5 Å². The molecule has 112 valence electrons. The molecule has 0 spiro atoms. The normalized spacial score (nSPS) is 17.8. The van der Waals surface area contributed by atoms with E-state index in [2.05, 4.69) is 10.3 Å². The van der Waals surface area contributed by atoms with E-state index in [1.165, 1.54) is 0 Å². The van der Waals surface area contributed by atoms with Crippen molar-refractivity contribution in [3.05, 3.63) is 30.0 Å². The SMILES string of the molecule is Nc1ccc2[nH]cc(C(=O)NCC3(O)CCOCC3)c2c1. The highest BCUT2D eigenvalue weighted by Gasteiger charge is 2.30. The highest BCUT2D eigenvalue weighted by molar-refractivity contribution is 6.07. The van der Waals surface area contributed by atoms with E-state index < -0.39 is 5.60 Å². The molecule has 0 atom stereocenters. The van der Waals surface area contributed by atoms with Crippen LogP contribution in [0.15, 0.2) is 24.4 Å². The molecular weight excluding hydrogens is 270 g/mol. The third-order valence-electron chi connectivity index (χ3n) is 3.95. The standard InChI is InChI=1S/C15H19N3O3/c16-10-1-2-13-11(7-10)12(8-17-13)14(19)18-9-15(20)3-5-21-6-4-15/h1-2,7-8,17,20H,3-6,9,16H2,(H,18,19). The third-order valence-corrected chi connectivity index (χ3v) is 3.95. The van der Waals surface area contributed by atoms with E-state index >= 15 is 0 Å². The van der Waals surface area contributed by atoms with Crippen LogP contribution in [0.4, 0.5) is 5.69 Å². The molecule has 3 rings (SSSR count). The number of carbonyl (C=O) groups excluding carboxylic acids is 1. The summed E-state index contributed by atoms with van der Waals surface area (Å²) in [4.78, 5) is 15.3. The maximum absolute atomic E-state index is 12.3. The molecule has 2 heterocycles. The second-order valence-corrected chi connectivity index (χ2v) is 5.53. The van der Waals surface area contributed by atoms with E-state index in [9.17, 15) is 9.90 Å². The van der Waals surface area contributed by atoms with Crippen LogP contribution in [0.25, 0.3) is 10.9 Å². The van der Waals surface area contributed by atoms with Gasteiger partial charge in [-0.05, 0) is 18.2 Å². The molecule has 1 amide bonds. The number of nitrogen functional groups attached to an aromatic ring is 1. The molecule has 21 heavy (non-hydrogen) atoms. The predicted octanol–water partition coefficient (Wildman–Crippen LogP) is 1.02. The molecule has 1 aliphatic heterocycles. The Hall–Kier alpha value is -2.05. The molecule has 1 aromatic carbocycles. The molecule has 0 radical (unpaired) electrons. The van der Waals surface area contributed by atoms with Crippen LogP contribution in [0.5, 0.6) is 0 Å². The van der Waals surface area contributed by atoms with Crippen LogP contribution in [-0.4, -0.2) is 41.4 Å². The van der Waals surface area contributed by atoms with Crippen LogP contribution in [0.1, 0.15) is 23.2 Å². The molecule has 6 heteroatoms. The van der Waals surface area contributed by atoms with Crippen molar-refractivity contribution in [1.82, 2.24) is 10.3 Å². The Morgan fingerprint density at radius 1 is 1.43 bits per heavy atom. The Morgan fingerprint density at radius 3 is 2.95 bits per heavy atom. The van der Waals surface area contributed by atoms with Crippen molar-refractivity contribution in [3.8, 4) is 0 Å². The minimum atomic E-state index is -0.876. The highest BCUT2D eigenvalue weighted by Crippen LogP contribution is 2.22. The van der Waals surface area contributed by atoms with Gasteiger partial charge in [-0.25, -0.2) is 0 Å². The largest absolute Gasteiger partial charge is 0.399 e. The lowest BCUT2D eigenvalue weighted by atomic mass is 9.94. The number of benzene rings is 1. The lowest BCUT2D eigenvalue weighted by Crippen LogP contribution is -2.46. The highest BCUT2D eigenvalue weighted by atomic mass is 16.5. The summed E-state index contributed by atoms with van der Waals surface area (Å²) in [5.41, 5.74) is 6.89. The van der Waals surface area contributed by atoms with Crippen molar-refractivity contribution in [2.75, 3.05) is 25.5 Å². The number of hydrogen-bond donors (Lipinski definition) is 4. The van der Waals surface area contributed by atoms with E-state index in [4.69, 9.17) is 10.5 Å². The zero-order valence-corrected chi connectivity index (χ0v) is 11.7. The van der Waals surface area contributed by atoms with Gasteiger partial charge in [-0.15, -0.1) is 0 Å². The van der Waals surface area contributed by atoms with Gasteiger partial charge < -0.3 is 25.9 Å². The molecule has 1 aliphatic rings. The fourth-order valence-corrected chi connectivity index (χ4v) is 2.59. The number of carbonyl (C=O) groups is 1. The summed E-state index contributed by atoms with van der Waals surface area (Å²) in [6.07, 6.45) is 2.73. The first-order valence-electron chi connectivity index (χ1n) is 7.02. The first kappa shape index (κ1) is 13.9. The number of nitrogens with one attached hydrogen (secondary N) is 2. The second kappa shape index (κ2) is 5.38. The number of aromatic nitrogens is 1. The quantitative estimate of drug-likeness (QED) is 0.634. The number of nitrogens with two attached hydrogens (primary N) is 1. The van der Waals surface area contributed by atoms with Gasteiger partial charge in [0, 0.05) is 55.4 Å². The topological polar surface area (TPSA) is 100 Å². The van der Waals surface area contributed by atoms with E-state index in [1.54, 1.807) is 18.3 Å². The maximum atomic E-state index is 12.3. The molecule has 1 fully saturated rings. The smallest absolute Gasteiger partial charge is 0.253 e. The number of aromatic amines is 1. The first-order chi connectivity index (χ1) is 10.1. The number of fused-ring (bicyclic) bond motifs is 1. The van der Waals surface area contributed by atoms with Gasteiger partial charge in [0.1, 0.15) is 0 Å². The lowest BCUT2D eigenvalue weighted by Gasteiger charge is -2.32. The van der Waals surface area contributed by atoms with Crippen LogP contribution in [-0.2, 0) is 4.74 Å². The van der Waals surface area contributed by atoms with Gasteiger partial charge in [0.2, 0.25) is 0 Å². The Kier molecular flexibility index (Phi) is 3.57. The fourth-order valence-electron chi connectivity index (χ4n) is 2.59. The third kappa shape index (κ3) is 2.86. The summed E-state index contributed by atoms with van der Waals surface area (Å²) in [6.45, 7) is 1.27. The first-order valence-corrected chi connectivity index (χ1v) is 7.02. The fraction of sp³-hybridized carbons (Fsp3) is 0.400. The van der Waals surface area contributed by atoms with Crippen LogP contribution < -0.4 is 11.1 Å². The monoisotopic (exact) mass is 289 g/mol. The number of hydrogen-bond acceptors (Lipinski definition) is 4. The Bertz CT molecular complexity index is 659. The van der Waals surface area contributed by atoms with Crippen molar-refractivity contribution in [2.24, 2.45) is 0 Å². The summed E-state index contributed by atoms with van der Waals surface area (Å²) in [6, 6.07) is 5.39. The molecule has 5 N–H and O–H groups in total. The van der Waals surface area contributed by atoms with Gasteiger partial charge in [0.25, 0.3) is 5.91 Å². The summed E-state index contributed by atoms with van der Waals surface area (Å²) < 4.78 is 5.22. The average molecular weight is 289 g/mol. The minimum absolute atomic E-state index is 0.216. The van der Waals surface area contributed by atoms with Gasteiger partial charge in [0.05, 0.1) is 11.2 Å². The van der Waals surface area contributed by atoms with Crippen LogP contribution >= 0.6 is 0 Å². The Labute approximate surface area is 122 Å². The number of amides is 1. The van der Waals surface area contributed by atoms with Gasteiger partial charge >= 0.3 is 0 Å². The summed E-state index contributed by atoms with van der Waals surface area (Å²) in [7, 11) is 0. The zero-order valence-electron chi connectivity index (χ0n) is 11.7. The van der Waals surface area contributed by atoms with Gasteiger partial charge in [-0.1, -0.05) is 0 Å². The summed E-state index contributed by atoms with van der Waals surface area (Å²) in [5.74, 6) is -0.216. The summed E-state index contributed by atoms with van der Waals surface area (Å²) >= 11 is 0. The predicted molar refractivity (Wildman–Crippen MR) is 80.0 cm³/mol. The number of aliphatic hydroxyl groups is 1. The number of ether oxygens (including phenoxy) is 1. The zero-order chi connectivity index (χ0) is 14.9. The van der Waals surface area contributed by atoms with Crippen molar-refractivity contribution < 1.29 is 14.6 Å². The number of anilines is 1. The Morgan fingerprint density at radius 2 is 2.19 bits per heavy atom. The lowest BCUT2D eigenvalue weighted by molar-refractivity contribution is -0.0605. The number of rotatable bonds is 3. The van der Waals surface area contributed by atoms with Crippen LogP contribution in [0, 0.1) is 0 Å². The summed E-state index contributed by atoms with van der Waals surface area (Å²) in [5, 5.41) is 13.9. The molecule has 0 aliphatic carbocycles. The number of H-pyrrole nitrogens is 1. The van der Waals surface area contributed by atoms with Crippen molar-refractivity contribution in [1.29, 1.82) is 0 Å². The van der Waals surface area contributed by atoms with E-state index in [1.807, 2.05) is 6.07 Å². The van der Waals surface area contributed by atoms with Crippen LogP contribution in [0.3, 0.4) is 0 Å². The van der Waals surface area contributed by atoms with Crippen molar-refractivity contribution in [2.45, 2.75) is 18.4 Å². The van der Waals surface area contributed by atoms with Crippen molar-refractivity contribution in [3.63, 3.8) is 0 Å². The Balaban J connectivity index is 1.73.